The summed E-state index contributed by atoms with van der Waals surface area (Å²) in [6.45, 7) is 0. The summed E-state index contributed by atoms with van der Waals surface area (Å²) < 4.78 is 29.2. The van der Waals surface area contributed by atoms with Gasteiger partial charge in [0.1, 0.15) is 0 Å². The van der Waals surface area contributed by atoms with Crippen molar-refractivity contribution in [2.24, 2.45) is 0 Å². The van der Waals surface area contributed by atoms with E-state index in [1.165, 1.54) is 0 Å². The van der Waals surface area contributed by atoms with E-state index in [-0.39, 0.29) is 11.1 Å². The SMILES string of the molecule is [2H]c1c([2H])c(C#N)c([2H])c(C#N)c1[2H]. The first-order valence-corrected chi connectivity index (χ1v) is 2.45. The van der Waals surface area contributed by atoms with Gasteiger partial charge >= 0.3 is 0 Å². The highest BCUT2D eigenvalue weighted by Crippen LogP contribution is 2.01. The van der Waals surface area contributed by atoms with Gasteiger partial charge in [-0.2, -0.15) is 10.5 Å². The van der Waals surface area contributed by atoms with E-state index in [0.717, 1.165) is 0 Å². The number of nitriles is 2. The van der Waals surface area contributed by atoms with Crippen molar-refractivity contribution in [2.75, 3.05) is 0 Å². The van der Waals surface area contributed by atoms with E-state index >= 15 is 0 Å². The van der Waals surface area contributed by atoms with Crippen molar-refractivity contribution in [2.45, 2.75) is 0 Å². The standard InChI is InChI=1S/C8H4N2/c9-5-7-2-1-3-8(4-7)6-10/h1-4H/i1D,2D,3D,4D. The third-order valence-electron chi connectivity index (χ3n) is 0.849. The van der Waals surface area contributed by atoms with Gasteiger partial charge in [0.05, 0.1) is 28.7 Å². The number of benzene rings is 1. The average molecular weight is 132 g/mol. The van der Waals surface area contributed by atoms with Gasteiger partial charge in [0.2, 0.25) is 0 Å². The first-order chi connectivity index (χ1) is 6.54. The second-order valence-electron chi connectivity index (χ2n) is 1.47. The van der Waals surface area contributed by atoms with Gasteiger partial charge in [-0.15, -0.1) is 0 Å². The molecule has 0 spiro atoms. The van der Waals surface area contributed by atoms with Crippen LogP contribution in [0.5, 0.6) is 0 Å². The first-order valence-electron chi connectivity index (χ1n) is 4.45. The minimum absolute atomic E-state index is 0.331. The molecule has 0 bridgehead atoms. The summed E-state index contributed by atoms with van der Waals surface area (Å²) in [7, 11) is 0. The topological polar surface area (TPSA) is 47.6 Å². The van der Waals surface area contributed by atoms with E-state index in [4.69, 9.17) is 16.0 Å². The summed E-state index contributed by atoms with van der Waals surface area (Å²) in [5.41, 5.74) is -0.662. The van der Waals surface area contributed by atoms with Gasteiger partial charge in [-0.3, -0.25) is 0 Å². The maximum Gasteiger partial charge on any atom is 0.0992 e. The normalized spacial score (nSPS) is 13.4. The van der Waals surface area contributed by atoms with Crippen LogP contribution in [-0.4, -0.2) is 0 Å². The van der Waals surface area contributed by atoms with E-state index in [1.54, 1.807) is 12.1 Å². The van der Waals surface area contributed by atoms with Gasteiger partial charge < -0.3 is 0 Å². The van der Waals surface area contributed by atoms with Crippen molar-refractivity contribution >= 4 is 0 Å². The quantitative estimate of drug-likeness (QED) is 0.536. The Kier molecular flexibility index (Phi) is 0.760. The summed E-state index contributed by atoms with van der Waals surface area (Å²) in [6.07, 6.45) is 0. The van der Waals surface area contributed by atoms with Crippen molar-refractivity contribution in [1.29, 1.82) is 10.5 Å². The van der Waals surface area contributed by atoms with Gasteiger partial charge in [0, 0.05) is 0 Å². The molecule has 0 unspecified atom stereocenters. The first kappa shape index (κ1) is 2.86. The fourth-order valence-electron chi connectivity index (χ4n) is 0.456. The Bertz CT molecular complexity index is 441. The molecule has 0 aliphatic rings. The van der Waals surface area contributed by atoms with Crippen molar-refractivity contribution in [3.63, 3.8) is 0 Å². The molecule has 0 aromatic heterocycles. The molecule has 0 aliphatic heterocycles. The molecule has 1 aromatic rings. The zero-order valence-electron chi connectivity index (χ0n) is 8.89. The second-order valence-corrected chi connectivity index (χ2v) is 1.47. The van der Waals surface area contributed by atoms with Crippen LogP contribution in [0.2, 0.25) is 0 Å². The van der Waals surface area contributed by atoms with E-state index in [1.807, 2.05) is 0 Å². The van der Waals surface area contributed by atoms with Crippen LogP contribution in [0.3, 0.4) is 0 Å². The Balaban J connectivity index is 3.78. The molecule has 0 fully saturated rings. The summed E-state index contributed by atoms with van der Waals surface area (Å²) in [5.74, 6) is 0. The number of hydrogen-bond donors (Lipinski definition) is 0. The monoisotopic (exact) mass is 132 g/mol. The minimum Gasteiger partial charge on any atom is -0.192 e. The maximum atomic E-state index is 8.59. The van der Waals surface area contributed by atoms with Crippen molar-refractivity contribution in [3.8, 4) is 12.1 Å². The molecule has 2 heteroatoms. The minimum atomic E-state index is -0.492. The molecule has 0 N–H and O–H groups in total. The summed E-state index contributed by atoms with van der Waals surface area (Å²) in [4.78, 5) is 0. The maximum absolute atomic E-state index is 8.59. The summed E-state index contributed by atoms with van der Waals surface area (Å²) >= 11 is 0. The Morgan fingerprint density at radius 2 is 1.70 bits per heavy atom. The van der Waals surface area contributed by atoms with Crippen molar-refractivity contribution < 1.29 is 5.48 Å². The highest BCUT2D eigenvalue weighted by molar-refractivity contribution is 5.38. The molecule has 0 radical (unpaired) electrons. The van der Waals surface area contributed by atoms with E-state index in [9.17, 15) is 0 Å². The van der Waals surface area contributed by atoms with Crippen LogP contribution in [0.15, 0.2) is 24.2 Å². The van der Waals surface area contributed by atoms with Crippen LogP contribution in [0.4, 0.5) is 0 Å². The fraction of sp³-hybridized carbons (Fsp3) is 0. The highest BCUT2D eigenvalue weighted by Gasteiger charge is 1.90. The second kappa shape index (κ2) is 2.66. The molecule has 10 heavy (non-hydrogen) atoms. The molecule has 1 rings (SSSR count). The third-order valence-corrected chi connectivity index (χ3v) is 0.849. The van der Waals surface area contributed by atoms with Gasteiger partial charge in [-0.1, -0.05) is 6.04 Å². The predicted molar refractivity (Wildman–Crippen MR) is 35.9 cm³/mol. The van der Waals surface area contributed by atoms with Gasteiger partial charge in [-0.05, 0) is 18.1 Å². The van der Waals surface area contributed by atoms with Crippen molar-refractivity contribution in [3.05, 3.63) is 35.3 Å². The third kappa shape index (κ3) is 1.13. The lowest BCUT2D eigenvalue weighted by molar-refractivity contribution is 1.45. The number of rotatable bonds is 0. The lowest BCUT2D eigenvalue weighted by Crippen LogP contribution is -1.75. The van der Waals surface area contributed by atoms with E-state index < -0.39 is 24.2 Å². The molecule has 0 atom stereocenters. The Hall–Kier alpha value is -1.80. The largest absolute Gasteiger partial charge is 0.192 e. The van der Waals surface area contributed by atoms with Gasteiger partial charge in [0.15, 0.2) is 0 Å². The van der Waals surface area contributed by atoms with Crippen molar-refractivity contribution in [1.82, 2.24) is 0 Å². The zero-order chi connectivity index (χ0) is 10.9. The Morgan fingerprint density at radius 1 is 1.20 bits per heavy atom. The van der Waals surface area contributed by atoms with Crippen LogP contribution >= 0.6 is 0 Å². The van der Waals surface area contributed by atoms with Gasteiger partial charge in [0.25, 0.3) is 0 Å². The van der Waals surface area contributed by atoms with Gasteiger partial charge in [-0.25, -0.2) is 0 Å². The van der Waals surface area contributed by atoms with E-state index in [0.29, 0.717) is 0 Å². The molecular weight excluding hydrogens is 124 g/mol. The molecular formula is C8H4N2. The molecule has 0 aliphatic carbocycles. The molecule has 0 heterocycles. The molecule has 0 amide bonds. The Labute approximate surface area is 64.6 Å². The highest BCUT2D eigenvalue weighted by atomic mass is 14.2. The average Bonchev–Trinajstić information content (AvgIpc) is 2.16. The Morgan fingerprint density at radius 3 is 2.10 bits per heavy atom. The summed E-state index contributed by atoms with van der Waals surface area (Å²) in [5, 5.41) is 17.2. The number of hydrogen-bond acceptors (Lipinski definition) is 2. The van der Waals surface area contributed by atoms with E-state index in [2.05, 4.69) is 0 Å². The lowest BCUT2D eigenvalue weighted by atomic mass is 10.2. The smallest absolute Gasteiger partial charge is 0.0992 e. The predicted octanol–water partition coefficient (Wildman–Crippen LogP) is 1.43. The van der Waals surface area contributed by atoms with Crippen LogP contribution in [0.25, 0.3) is 0 Å². The molecule has 0 saturated carbocycles. The molecule has 2 nitrogen and oxygen atoms in total. The lowest BCUT2D eigenvalue weighted by Gasteiger charge is -1.86. The summed E-state index contributed by atoms with van der Waals surface area (Å²) in [6, 6.07) is 1.28. The van der Waals surface area contributed by atoms with Crippen LogP contribution in [-0.2, 0) is 0 Å². The molecule has 0 saturated heterocycles. The van der Waals surface area contributed by atoms with Crippen LogP contribution in [0, 0.1) is 22.7 Å². The molecule has 1 aromatic carbocycles. The number of nitrogens with zero attached hydrogens (tertiary/aromatic N) is 2. The zero-order valence-corrected chi connectivity index (χ0v) is 4.89. The van der Waals surface area contributed by atoms with Crippen LogP contribution < -0.4 is 0 Å². The fourth-order valence-corrected chi connectivity index (χ4v) is 0.456. The van der Waals surface area contributed by atoms with Crippen LogP contribution in [0.1, 0.15) is 16.6 Å². The molecule has 46 valence electrons.